The van der Waals surface area contributed by atoms with E-state index in [1.54, 1.807) is 0 Å². The Bertz CT molecular complexity index is 405. The molecule has 1 N–H and O–H groups in total. The number of nitrogens with one attached hydrogen (secondary N) is 1. The first kappa shape index (κ1) is 14.2. The van der Waals surface area contributed by atoms with E-state index in [9.17, 15) is 0 Å². The molecule has 1 nitrogen and oxygen atoms in total. The van der Waals surface area contributed by atoms with Crippen molar-refractivity contribution >= 4 is 23.4 Å². The molecule has 0 saturated carbocycles. The van der Waals surface area contributed by atoms with E-state index in [0.29, 0.717) is 17.5 Å². The highest BCUT2D eigenvalue weighted by Gasteiger charge is 2.29. The van der Waals surface area contributed by atoms with Gasteiger partial charge < -0.3 is 5.32 Å². The van der Waals surface area contributed by atoms with E-state index in [-0.39, 0.29) is 0 Å². The van der Waals surface area contributed by atoms with Crippen molar-refractivity contribution in [2.75, 3.05) is 11.5 Å². The maximum Gasteiger partial charge on any atom is 0.0409 e. The Balaban J connectivity index is 1.97. The first-order valence-electron chi connectivity index (χ1n) is 6.55. The Morgan fingerprint density at radius 1 is 1.44 bits per heavy atom. The van der Waals surface area contributed by atoms with E-state index < -0.39 is 0 Å². The van der Waals surface area contributed by atoms with Gasteiger partial charge in [-0.1, -0.05) is 37.6 Å². The molecule has 1 saturated heterocycles. The van der Waals surface area contributed by atoms with Crippen LogP contribution < -0.4 is 5.32 Å². The van der Waals surface area contributed by atoms with Gasteiger partial charge in [-0.2, -0.15) is 11.8 Å². The van der Waals surface area contributed by atoms with Crippen molar-refractivity contribution < 1.29 is 0 Å². The van der Waals surface area contributed by atoms with E-state index in [0.717, 1.165) is 5.02 Å². The number of hydrogen-bond donors (Lipinski definition) is 1. The number of benzene rings is 1. The minimum absolute atomic E-state index is 0.364. The van der Waals surface area contributed by atoms with Gasteiger partial charge in [0.15, 0.2) is 0 Å². The lowest BCUT2D eigenvalue weighted by Gasteiger charge is -2.36. The highest BCUT2D eigenvalue weighted by Crippen LogP contribution is 2.34. The summed E-state index contributed by atoms with van der Waals surface area (Å²) in [6.45, 7) is 6.94. The Labute approximate surface area is 120 Å². The summed E-state index contributed by atoms with van der Waals surface area (Å²) >= 11 is 8.11. The standard InChI is InChI=1S/C15H22ClNS/c1-11(12-5-4-6-13(16)7-12)17-14-8-15(2,3)10-18-9-14/h4-7,11,14,17H,8-10H2,1-3H3. The van der Waals surface area contributed by atoms with Crippen molar-refractivity contribution in [2.24, 2.45) is 5.41 Å². The Kier molecular flexibility index (Phi) is 4.63. The first-order chi connectivity index (χ1) is 8.46. The molecule has 1 aromatic carbocycles. The van der Waals surface area contributed by atoms with Crippen molar-refractivity contribution in [3.63, 3.8) is 0 Å². The van der Waals surface area contributed by atoms with Gasteiger partial charge in [-0.15, -0.1) is 0 Å². The van der Waals surface area contributed by atoms with Crippen LogP contribution in [0.3, 0.4) is 0 Å². The molecule has 18 heavy (non-hydrogen) atoms. The predicted octanol–water partition coefficient (Wildman–Crippen LogP) is 4.52. The Hall–Kier alpha value is -0.180. The van der Waals surface area contributed by atoms with Gasteiger partial charge in [-0.3, -0.25) is 0 Å². The van der Waals surface area contributed by atoms with Gasteiger partial charge in [0.1, 0.15) is 0 Å². The van der Waals surface area contributed by atoms with Crippen LogP contribution in [0.2, 0.25) is 5.02 Å². The lowest BCUT2D eigenvalue weighted by molar-refractivity contribution is 0.305. The van der Waals surface area contributed by atoms with Crippen LogP contribution >= 0.6 is 23.4 Å². The topological polar surface area (TPSA) is 12.0 Å². The fraction of sp³-hybridized carbons (Fsp3) is 0.600. The quantitative estimate of drug-likeness (QED) is 0.875. The summed E-state index contributed by atoms with van der Waals surface area (Å²) < 4.78 is 0. The summed E-state index contributed by atoms with van der Waals surface area (Å²) in [6, 6.07) is 9.12. The highest BCUT2D eigenvalue weighted by molar-refractivity contribution is 7.99. The summed E-state index contributed by atoms with van der Waals surface area (Å²) in [7, 11) is 0. The van der Waals surface area contributed by atoms with Crippen molar-refractivity contribution in [1.82, 2.24) is 5.32 Å². The smallest absolute Gasteiger partial charge is 0.0409 e. The molecular weight excluding hydrogens is 262 g/mol. The Morgan fingerprint density at radius 2 is 2.22 bits per heavy atom. The van der Waals surface area contributed by atoms with E-state index in [1.807, 2.05) is 12.1 Å². The third-order valence-corrected chi connectivity index (χ3v) is 5.30. The second-order valence-corrected chi connectivity index (χ2v) is 7.49. The second kappa shape index (κ2) is 5.85. The molecule has 1 aliphatic rings. The van der Waals surface area contributed by atoms with E-state index >= 15 is 0 Å². The molecule has 2 atom stereocenters. The number of thioether (sulfide) groups is 1. The number of hydrogen-bond acceptors (Lipinski definition) is 2. The van der Waals surface area contributed by atoms with E-state index in [4.69, 9.17) is 11.6 Å². The molecule has 0 radical (unpaired) electrons. The zero-order valence-corrected chi connectivity index (χ0v) is 12.9. The van der Waals surface area contributed by atoms with Crippen LogP contribution in [0.15, 0.2) is 24.3 Å². The summed E-state index contributed by atoms with van der Waals surface area (Å²) in [5, 5.41) is 4.56. The van der Waals surface area contributed by atoms with Gasteiger partial charge in [-0.05, 0) is 42.2 Å². The highest BCUT2D eigenvalue weighted by atomic mass is 35.5. The van der Waals surface area contributed by atoms with Gasteiger partial charge in [0.25, 0.3) is 0 Å². The fourth-order valence-electron chi connectivity index (χ4n) is 2.60. The van der Waals surface area contributed by atoms with E-state index in [2.05, 4.69) is 50.0 Å². The molecule has 0 bridgehead atoms. The van der Waals surface area contributed by atoms with Crippen LogP contribution in [-0.2, 0) is 0 Å². The number of rotatable bonds is 3. The SMILES string of the molecule is CC(NC1CSCC(C)(C)C1)c1cccc(Cl)c1. The van der Waals surface area contributed by atoms with Crippen LogP contribution in [0.25, 0.3) is 0 Å². The average molecular weight is 284 g/mol. The van der Waals surface area contributed by atoms with Gasteiger partial charge in [0, 0.05) is 22.9 Å². The zero-order valence-electron chi connectivity index (χ0n) is 11.4. The van der Waals surface area contributed by atoms with Gasteiger partial charge >= 0.3 is 0 Å². The minimum Gasteiger partial charge on any atom is -0.307 e. The summed E-state index contributed by atoms with van der Waals surface area (Å²) in [5.41, 5.74) is 1.73. The molecule has 1 aromatic rings. The van der Waals surface area contributed by atoms with Crippen molar-refractivity contribution in [3.8, 4) is 0 Å². The molecule has 0 aliphatic carbocycles. The summed E-state index contributed by atoms with van der Waals surface area (Å²) in [5.74, 6) is 2.49. The van der Waals surface area contributed by atoms with Crippen LogP contribution in [0.5, 0.6) is 0 Å². The lowest BCUT2D eigenvalue weighted by atomic mass is 9.87. The summed E-state index contributed by atoms with van der Waals surface area (Å²) in [4.78, 5) is 0. The van der Waals surface area contributed by atoms with Crippen LogP contribution in [0.4, 0.5) is 0 Å². The lowest BCUT2D eigenvalue weighted by Crippen LogP contribution is -2.41. The van der Waals surface area contributed by atoms with E-state index in [1.165, 1.54) is 23.5 Å². The predicted molar refractivity (Wildman–Crippen MR) is 82.5 cm³/mol. The number of halogens is 1. The van der Waals surface area contributed by atoms with Gasteiger partial charge in [-0.25, -0.2) is 0 Å². The van der Waals surface area contributed by atoms with Crippen LogP contribution in [0.1, 0.15) is 38.8 Å². The average Bonchev–Trinajstić information content (AvgIpc) is 2.27. The molecule has 1 aliphatic heterocycles. The molecule has 0 amide bonds. The van der Waals surface area contributed by atoms with Gasteiger partial charge in [0.05, 0.1) is 0 Å². The molecular formula is C15H22ClNS. The third-order valence-electron chi connectivity index (χ3n) is 3.45. The molecule has 3 heteroatoms. The van der Waals surface area contributed by atoms with Crippen LogP contribution in [0, 0.1) is 5.41 Å². The van der Waals surface area contributed by atoms with Crippen molar-refractivity contribution in [3.05, 3.63) is 34.9 Å². The molecule has 100 valence electrons. The minimum atomic E-state index is 0.364. The van der Waals surface area contributed by atoms with Crippen molar-refractivity contribution in [1.29, 1.82) is 0 Å². The molecule has 2 rings (SSSR count). The molecule has 2 unspecified atom stereocenters. The van der Waals surface area contributed by atoms with Crippen LogP contribution in [-0.4, -0.2) is 17.5 Å². The summed E-state index contributed by atoms with van der Waals surface area (Å²) in [6.07, 6.45) is 1.25. The molecule has 0 aromatic heterocycles. The van der Waals surface area contributed by atoms with Gasteiger partial charge in [0.2, 0.25) is 0 Å². The monoisotopic (exact) mass is 283 g/mol. The normalized spacial score (nSPS) is 24.8. The largest absolute Gasteiger partial charge is 0.307 e. The molecule has 1 heterocycles. The van der Waals surface area contributed by atoms with Crippen molar-refractivity contribution in [2.45, 2.75) is 39.3 Å². The maximum atomic E-state index is 6.05. The zero-order chi connectivity index (χ0) is 13.2. The molecule has 1 fully saturated rings. The Morgan fingerprint density at radius 3 is 2.89 bits per heavy atom. The third kappa shape index (κ3) is 3.91. The maximum absolute atomic E-state index is 6.05. The fourth-order valence-corrected chi connectivity index (χ4v) is 4.08. The first-order valence-corrected chi connectivity index (χ1v) is 8.09. The second-order valence-electron chi connectivity index (χ2n) is 6.02. The molecule has 0 spiro atoms.